The number of hydrogen-bond donors (Lipinski definition) is 1. The van der Waals surface area contributed by atoms with Crippen molar-refractivity contribution in [2.75, 3.05) is 0 Å². The molecule has 70 valence electrons. The van der Waals surface area contributed by atoms with Crippen molar-refractivity contribution in [3.63, 3.8) is 0 Å². The third-order valence-electron chi connectivity index (χ3n) is 2.66. The van der Waals surface area contributed by atoms with Gasteiger partial charge in [0.25, 0.3) is 0 Å². The molecule has 2 nitrogen and oxygen atoms in total. The summed E-state index contributed by atoms with van der Waals surface area (Å²) in [6, 6.07) is 0.405. The lowest BCUT2D eigenvalue weighted by atomic mass is 9.96. The van der Waals surface area contributed by atoms with Crippen LogP contribution in [0.15, 0.2) is 0 Å². The zero-order valence-electron chi connectivity index (χ0n) is 8.26. The van der Waals surface area contributed by atoms with Crippen molar-refractivity contribution in [3.05, 3.63) is 0 Å². The molecule has 1 rings (SSSR count). The molecule has 0 spiro atoms. The summed E-state index contributed by atoms with van der Waals surface area (Å²) in [5, 5.41) is 3.07. The molecule has 1 fully saturated rings. The van der Waals surface area contributed by atoms with E-state index in [0.717, 1.165) is 6.42 Å². The Morgan fingerprint density at radius 3 is 2.67 bits per heavy atom. The van der Waals surface area contributed by atoms with Crippen molar-refractivity contribution >= 4 is 5.91 Å². The third-order valence-corrected chi connectivity index (χ3v) is 2.66. The zero-order valence-corrected chi connectivity index (χ0v) is 8.26. The molecule has 0 aromatic carbocycles. The average Bonchev–Trinajstić information content (AvgIpc) is 2.11. The van der Waals surface area contributed by atoms with E-state index < -0.39 is 0 Å². The van der Waals surface area contributed by atoms with Gasteiger partial charge >= 0.3 is 0 Å². The first kappa shape index (κ1) is 9.56. The van der Waals surface area contributed by atoms with E-state index in [4.69, 9.17) is 0 Å². The van der Waals surface area contributed by atoms with E-state index in [1.165, 1.54) is 6.42 Å². The molecule has 0 saturated carbocycles. The van der Waals surface area contributed by atoms with Crippen molar-refractivity contribution in [2.24, 2.45) is 11.8 Å². The van der Waals surface area contributed by atoms with Gasteiger partial charge in [-0.1, -0.05) is 20.8 Å². The van der Waals surface area contributed by atoms with Gasteiger partial charge in [-0.3, -0.25) is 4.79 Å². The SMILES string of the molecule is CC(C)[C@H]1CC[C@@H](C)CC(=O)N1. The zero-order chi connectivity index (χ0) is 9.14. The molecule has 1 saturated heterocycles. The van der Waals surface area contributed by atoms with Crippen LogP contribution in [0.2, 0.25) is 0 Å². The minimum atomic E-state index is 0.235. The Balaban J connectivity index is 2.52. The van der Waals surface area contributed by atoms with Gasteiger partial charge in [0.05, 0.1) is 0 Å². The average molecular weight is 169 g/mol. The number of hydrogen-bond acceptors (Lipinski definition) is 1. The monoisotopic (exact) mass is 169 g/mol. The van der Waals surface area contributed by atoms with E-state index >= 15 is 0 Å². The van der Waals surface area contributed by atoms with Crippen molar-refractivity contribution in [1.82, 2.24) is 5.32 Å². The van der Waals surface area contributed by atoms with Crippen LogP contribution in [0.25, 0.3) is 0 Å². The van der Waals surface area contributed by atoms with Gasteiger partial charge in [0.1, 0.15) is 0 Å². The second-order valence-corrected chi connectivity index (χ2v) is 4.30. The normalized spacial score (nSPS) is 31.5. The molecule has 1 aliphatic rings. The fraction of sp³-hybridized carbons (Fsp3) is 0.900. The summed E-state index contributed by atoms with van der Waals surface area (Å²) in [6.07, 6.45) is 3.04. The Labute approximate surface area is 74.7 Å². The second kappa shape index (κ2) is 3.92. The van der Waals surface area contributed by atoms with Crippen LogP contribution < -0.4 is 5.32 Å². The molecule has 0 aromatic rings. The molecule has 12 heavy (non-hydrogen) atoms. The number of rotatable bonds is 1. The first-order valence-electron chi connectivity index (χ1n) is 4.89. The summed E-state index contributed by atoms with van der Waals surface area (Å²) in [4.78, 5) is 11.3. The molecular weight excluding hydrogens is 150 g/mol. The van der Waals surface area contributed by atoms with Crippen LogP contribution in [-0.4, -0.2) is 11.9 Å². The fourth-order valence-electron chi connectivity index (χ4n) is 1.72. The minimum Gasteiger partial charge on any atom is -0.353 e. The highest BCUT2D eigenvalue weighted by Crippen LogP contribution is 2.19. The number of amides is 1. The summed E-state index contributed by atoms with van der Waals surface area (Å²) in [6.45, 7) is 6.49. The van der Waals surface area contributed by atoms with Gasteiger partial charge in [-0.15, -0.1) is 0 Å². The van der Waals surface area contributed by atoms with Crippen molar-refractivity contribution in [1.29, 1.82) is 0 Å². The Bertz CT molecular complexity index is 165. The minimum absolute atomic E-state index is 0.235. The topological polar surface area (TPSA) is 29.1 Å². The van der Waals surface area contributed by atoms with Crippen molar-refractivity contribution < 1.29 is 4.79 Å². The van der Waals surface area contributed by atoms with Gasteiger partial charge in [-0.25, -0.2) is 0 Å². The van der Waals surface area contributed by atoms with Gasteiger partial charge in [0.2, 0.25) is 5.91 Å². The van der Waals surface area contributed by atoms with E-state index in [9.17, 15) is 4.79 Å². The molecule has 1 aliphatic heterocycles. The second-order valence-electron chi connectivity index (χ2n) is 4.30. The molecule has 1 N–H and O–H groups in total. The maximum atomic E-state index is 11.3. The van der Waals surface area contributed by atoms with Gasteiger partial charge in [0.15, 0.2) is 0 Å². The summed E-state index contributed by atoms with van der Waals surface area (Å²) in [7, 11) is 0. The van der Waals surface area contributed by atoms with Crippen LogP contribution >= 0.6 is 0 Å². The molecule has 0 unspecified atom stereocenters. The third kappa shape index (κ3) is 2.50. The predicted molar refractivity (Wildman–Crippen MR) is 49.8 cm³/mol. The fourth-order valence-corrected chi connectivity index (χ4v) is 1.72. The van der Waals surface area contributed by atoms with Crippen LogP contribution in [0, 0.1) is 11.8 Å². The molecule has 1 amide bonds. The lowest BCUT2D eigenvalue weighted by Gasteiger charge is -2.19. The van der Waals surface area contributed by atoms with E-state index in [1.807, 2.05) is 0 Å². The van der Waals surface area contributed by atoms with Crippen LogP contribution in [-0.2, 0) is 4.79 Å². The Morgan fingerprint density at radius 1 is 1.42 bits per heavy atom. The highest BCUT2D eigenvalue weighted by molar-refractivity contribution is 5.76. The Hall–Kier alpha value is -0.530. The van der Waals surface area contributed by atoms with E-state index in [2.05, 4.69) is 26.1 Å². The summed E-state index contributed by atoms with van der Waals surface area (Å²) < 4.78 is 0. The lowest BCUT2D eigenvalue weighted by Crippen LogP contribution is -2.36. The molecule has 0 bridgehead atoms. The largest absolute Gasteiger partial charge is 0.353 e. The molecule has 0 aromatic heterocycles. The predicted octanol–water partition coefficient (Wildman–Crippen LogP) is 1.95. The number of carbonyl (C=O) groups excluding carboxylic acids is 1. The number of nitrogens with one attached hydrogen (secondary N) is 1. The number of carbonyl (C=O) groups is 1. The van der Waals surface area contributed by atoms with Gasteiger partial charge in [0, 0.05) is 12.5 Å². The Morgan fingerprint density at radius 2 is 2.08 bits per heavy atom. The highest BCUT2D eigenvalue weighted by Gasteiger charge is 2.22. The molecule has 2 heteroatoms. The standard InChI is InChI=1S/C10H19NO/c1-7(2)9-5-4-8(3)6-10(12)11-9/h7-9H,4-6H2,1-3H3,(H,11,12)/t8-,9-/m1/s1. The summed E-state index contributed by atoms with van der Waals surface area (Å²) in [5.74, 6) is 1.37. The highest BCUT2D eigenvalue weighted by atomic mass is 16.1. The van der Waals surface area contributed by atoms with Gasteiger partial charge in [-0.2, -0.15) is 0 Å². The van der Waals surface area contributed by atoms with E-state index in [0.29, 0.717) is 24.3 Å². The van der Waals surface area contributed by atoms with Gasteiger partial charge in [-0.05, 0) is 24.7 Å². The maximum absolute atomic E-state index is 11.3. The van der Waals surface area contributed by atoms with Crippen LogP contribution in [0.1, 0.15) is 40.0 Å². The quantitative estimate of drug-likeness (QED) is 0.638. The smallest absolute Gasteiger partial charge is 0.220 e. The maximum Gasteiger partial charge on any atom is 0.220 e. The molecule has 2 atom stereocenters. The van der Waals surface area contributed by atoms with E-state index in [-0.39, 0.29) is 5.91 Å². The van der Waals surface area contributed by atoms with Crippen molar-refractivity contribution in [3.8, 4) is 0 Å². The summed E-state index contributed by atoms with van der Waals surface area (Å²) >= 11 is 0. The first-order chi connectivity index (χ1) is 5.59. The van der Waals surface area contributed by atoms with Crippen LogP contribution in [0.4, 0.5) is 0 Å². The van der Waals surface area contributed by atoms with E-state index in [1.54, 1.807) is 0 Å². The first-order valence-corrected chi connectivity index (χ1v) is 4.89. The molecule has 0 radical (unpaired) electrons. The molecular formula is C10H19NO. The summed E-state index contributed by atoms with van der Waals surface area (Å²) in [5.41, 5.74) is 0. The lowest BCUT2D eigenvalue weighted by molar-refractivity contribution is -0.122. The van der Waals surface area contributed by atoms with Crippen LogP contribution in [0.5, 0.6) is 0 Å². The van der Waals surface area contributed by atoms with Crippen molar-refractivity contribution in [2.45, 2.75) is 46.1 Å². The van der Waals surface area contributed by atoms with Gasteiger partial charge < -0.3 is 5.32 Å². The molecule has 0 aliphatic carbocycles. The Kier molecular flexibility index (Phi) is 3.12. The molecule has 1 heterocycles. The van der Waals surface area contributed by atoms with Crippen LogP contribution in [0.3, 0.4) is 0 Å².